The van der Waals surface area contributed by atoms with E-state index < -0.39 is 10.0 Å². The fraction of sp³-hybridized carbons (Fsp3) is 0.381. The maximum absolute atomic E-state index is 12.9. The molecule has 6 nitrogen and oxygen atoms in total. The minimum absolute atomic E-state index is 0.00973. The summed E-state index contributed by atoms with van der Waals surface area (Å²) in [6.45, 7) is 5.44. The molecule has 3 rings (SSSR count). The number of rotatable bonds is 6. The third-order valence-electron chi connectivity index (χ3n) is 5.38. The minimum Gasteiger partial charge on any atom is -0.321 e. The zero-order valence-corrected chi connectivity index (χ0v) is 19.2. The minimum atomic E-state index is -3.87. The van der Waals surface area contributed by atoms with Gasteiger partial charge in [-0.05, 0) is 69.5 Å². The zero-order chi connectivity index (χ0) is 21.9. The van der Waals surface area contributed by atoms with Crippen molar-refractivity contribution in [3.05, 3.63) is 57.6 Å². The Morgan fingerprint density at radius 2 is 1.80 bits per heavy atom. The number of hydrogen-bond donors (Lipinski definition) is 3. The van der Waals surface area contributed by atoms with Gasteiger partial charge in [-0.2, -0.15) is 0 Å². The molecule has 2 aromatic rings. The number of hydrogen-bond acceptors (Lipinski definition) is 4. The molecule has 0 aliphatic carbocycles. The van der Waals surface area contributed by atoms with E-state index in [9.17, 15) is 13.2 Å². The number of carbonyl (C=O) groups excluding carboxylic acids is 1. The first kappa shape index (κ1) is 23.0. The fourth-order valence-corrected chi connectivity index (χ4v) is 5.74. The van der Waals surface area contributed by atoms with E-state index in [1.165, 1.54) is 12.1 Å². The zero-order valence-electron chi connectivity index (χ0n) is 16.8. The van der Waals surface area contributed by atoms with Gasteiger partial charge in [0.15, 0.2) is 0 Å². The van der Waals surface area contributed by atoms with Crippen LogP contribution >= 0.6 is 23.2 Å². The Hall–Kier alpha value is -1.64. The Morgan fingerprint density at radius 1 is 1.13 bits per heavy atom. The van der Waals surface area contributed by atoms with Gasteiger partial charge in [-0.3, -0.25) is 4.79 Å². The lowest BCUT2D eigenvalue weighted by molar-refractivity contribution is 0.102. The van der Waals surface area contributed by atoms with Crippen LogP contribution in [0, 0.1) is 12.8 Å². The van der Waals surface area contributed by atoms with Crippen molar-refractivity contribution < 1.29 is 13.2 Å². The van der Waals surface area contributed by atoms with E-state index in [1.807, 2.05) is 26.0 Å². The monoisotopic (exact) mass is 469 g/mol. The van der Waals surface area contributed by atoms with Crippen LogP contribution in [0.2, 0.25) is 10.0 Å². The quantitative estimate of drug-likeness (QED) is 0.590. The first-order valence-electron chi connectivity index (χ1n) is 9.78. The molecule has 0 radical (unpaired) electrons. The van der Waals surface area contributed by atoms with Crippen LogP contribution in [0.4, 0.5) is 5.69 Å². The molecule has 1 saturated heterocycles. The van der Waals surface area contributed by atoms with Gasteiger partial charge in [-0.25, -0.2) is 13.1 Å². The predicted molar refractivity (Wildman–Crippen MR) is 121 cm³/mol. The highest BCUT2D eigenvalue weighted by atomic mass is 35.5. The number of anilines is 1. The highest BCUT2D eigenvalue weighted by molar-refractivity contribution is 7.89. The first-order chi connectivity index (χ1) is 14.2. The van der Waals surface area contributed by atoms with Gasteiger partial charge >= 0.3 is 0 Å². The Bertz CT molecular complexity index is 1040. The lowest BCUT2D eigenvalue weighted by Crippen LogP contribution is -2.42. The van der Waals surface area contributed by atoms with Crippen molar-refractivity contribution in [1.82, 2.24) is 10.0 Å². The summed E-state index contributed by atoms with van der Waals surface area (Å²) in [7, 11) is -3.87. The molecule has 1 aliphatic heterocycles. The molecule has 1 heterocycles. The number of nitrogens with one attached hydrogen (secondary N) is 3. The largest absolute Gasteiger partial charge is 0.321 e. The van der Waals surface area contributed by atoms with Crippen LogP contribution < -0.4 is 15.4 Å². The molecule has 1 aliphatic rings. The molecule has 0 aromatic heterocycles. The molecular weight excluding hydrogens is 445 g/mol. The molecule has 0 spiro atoms. The standard InChI is InChI=1S/C21H25Cl2N3O3S/c1-13-5-3-4-6-16(13)21(27)25-19-11-18(23)20(12-17(19)22)30(28,29)26-14(2)15-7-9-24-10-8-15/h3-6,11-12,14-15,24,26H,7-10H2,1-2H3,(H,25,27). The Kier molecular flexibility index (Phi) is 7.42. The van der Waals surface area contributed by atoms with Crippen molar-refractivity contribution in [3.8, 4) is 0 Å². The molecule has 1 unspecified atom stereocenters. The first-order valence-corrected chi connectivity index (χ1v) is 12.0. The molecule has 1 amide bonds. The van der Waals surface area contributed by atoms with Crippen LogP contribution in [0.1, 0.15) is 35.7 Å². The highest BCUT2D eigenvalue weighted by Gasteiger charge is 2.27. The second kappa shape index (κ2) is 9.66. The van der Waals surface area contributed by atoms with Crippen molar-refractivity contribution in [2.24, 2.45) is 5.92 Å². The fourth-order valence-electron chi connectivity index (χ4n) is 3.60. The van der Waals surface area contributed by atoms with Crippen LogP contribution in [0.3, 0.4) is 0 Å². The number of halogens is 2. The number of piperidine rings is 1. The van der Waals surface area contributed by atoms with Crippen LogP contribution in [0.5, 0.6) is 0 Å². The van der Waals surface area contributed by atoms with E-state index in [-0.39, 0.29) is 38.5 Å². The summed E-state index contributed by atoms with van der Waals surface area (Å²) >= 11 is 12.6. The molecule has 0 bridgehead atoms. The van der Waals surface area contributed by atoms with E-state index in [0.29, 0.717) is 5.56 Å². The van der Waals surface area contributed by atoms with Crippen LogP contribution in [-0.4, -0.2) is 33.5 Å². The molecule has 3 N–H and O–H groups in total. The highest BCUT2D eigenvalue weighted by Crippen LogP contribution is 2.33. The van der Waals surface area contributed by atoms with Gasteiger partial charge in [-0.1, -0.05) is 41.4 Å². The Morgan fingerprint density at radius 3 is 2.47 bits per heavy atom. The lowest BCUT2D eigenvalue weighted by atomic mass is 9.92. The van der Waals surface area contributed by atoms with Crippen molar-refractivity contribution in [3.63, 3.8) is 0 Å². The average molecular weight is 470 g/mol. The number of amides is 1. The van der Waals surface area contributed by atoms with Gasteiger partial charge < -0.3 is 10.6 Å². The molecule has 1 atom stereocenters. The van der Waals surface area contributed by atoms with Gasteiger partial charge in [0, 0.05) is 11.6 Å². The van der Waals surface area contributed by atoms with Crippen molar-refractivity contribution >= 4 is 44.8 Å². The number of aryl methyl sites for hydroxylation is 1. The van der Waals surface area contributed by atoms with E-state index in [0.717, 1.165) is 31.5 Å². The third kappa shape index (κ3) is 5.34. The summed E-state index contributed by atoms with van der Waals surface area (Å²) in [5.41, 5.74) is 1.56. The number of benzene rings is 2. The maximum Gasteiger partial charge on any atom is 0.255 e. The second-order valence-electron chi connectivity index (χ2n) is 7.53. The Labute approximate surface area is 187 Å². The number of sulfonamides is 1. The molecule has 0 saturated carbocycles. The summed E-state index contributed by atoms with van der Waals surface area (Å²) in [5.74, 6) is -0.0951. The maximum atomic E-state index is 12.9. The summed E-state index contributed by atoms with van der Waals surface area (Å²) in [6.07, 6.45) is 1.81. The summed E-state index contributed by atoms with van der Waals surface area (Å²) in [4.78, 5) is 12.4. The molecule has 9 heteroatoms. The van der Waals surface area contributed by atoms with E-state index >= 15 is 0 Å². The van der Waals surface area contributed by atoms with Gasteiger partial charge in [0.25, 0.3) is 5.91 Å². The number of carbonyl (C=O) groups is 1. The van der Waals surface area contributed by atoms with Crippen LogP contribution in [-0.2, 0) is 10.0 Å². The lowest BCUT2D eigenvalue weighted by Gasteiger charge is -2.28. The predicted octanol–water partition coefficient (Wildman–Crippen LogP) is 4.22. The normalized spacial score (nSPS) is 16.3. The topological polar surface area (TPSA) is 87.3 Å². The summed E-state index contributed by atoms with van der Waals surface area (Å²) in [5, 5.41) is 6.05. The third-order valence-corrected chi connectivity index (χ3v) is 7.72. The van der Waals surface area contributed by atoms with E-state index in [1.54, 1.807) is 12.1 Å². The van der Waals surface area contributed by atoms with Gasteiger partial charge in [-0.15, -0.1) is 0 Å². The average Bonchev–Trinajstić information content (AvgIpc) is 2.71. The molecule has 2 aromatic carbocycles. The van der Waals surface area contributed by atoms with Crippen LogP contribution in [0.25, 0.3) is 0 Å². The Balaban J connectivity index is 1.79. The van der Waals surface area contributed by atoms with Gasteiger partial charge in [0.2, 0.25) is 10.0 Å². The molecular formula is C21H25Cl2N3O3S. The summed E-state index contributed by atoms with van der Waals surface area (Å²) < 4.78 is 28.5. The van der Waals surface area contributed by atoms with E-state index in [4.69, 9.17) is 23.2 Å². The molecule has 30 heavy (non-hydrogen) atoms. The van der Waals surface area contributed by atoms with Crippen molar-refractivity contribution in [2.75, 3.05) is 18.4 Å². The van der Waals surface area contributed by atoms with Crippen LogP contribution in [0.15, 0.2) is 41.3 Å². The van der Waals surface area contributed by atoms with Crippen molar-refractivity contribution in [1.29, 1.82) is 0 Å². The second-order valence-corrected chi connectivity index (χ2v) is 10.0. The van der Waals surface area contributed by atoms with E-state index in [2.05, 4.69) is 15.4 Å². The molecule has 162 valence electrons. The van der Waals surface area contributed by atoms with Crippen molar-refractivity contribution in [2.45, 2.75) is 37.6 Å². The molecule has 1 fully saturated rings. The smallest absolute Gasteiger partial charge is 0.255 e. The van der Waals surface area contributed by atoms with Gasteiger partial charge in [0.1, 0.15) is 4.90 Å². The summed E-state index contributed by atoms with van der Waals surface area (Å²) in [6, 6.07) is 9.54. The van der Waals surface area contributed by atoms with Gasteiger partial charge in [0.05, 0.1) is 15.7 Å². The SMILES string of the molecule is Cc1ccccc1C(=O)Nc1cc(Cl)c(S(=O)(=O)NC(C)C2CCNCC2)cc1Cl.